The zero-order valence-electron chi connectivity index (χ0n) is 10.8. The van der Waals surface area contributed by atoms with Gasteiger partial charge >= 0.3 is 0 Å². The van der Waals surface area contributed by atoms with Gasteiger partial charge in [0.1, 0.15) is 0 Å². The van der Waals surface area contributed by atoms with Crippen LogP contribution < -0.4 is 4.72 Å². The minimum atomic E-state index is -3.47. The van der Waals surface area contributed by atoms with E-state index < -0.39 is 10.2 Å². The molecule has 2 N–H and O–H groups in total. The van der Waals surface area contributed by atoms with Gasteiger partial charge in [-0.1, -0.05) is 6.42 Å². The molecule has 1 fully saturated rings. The van der Waals surface area contributed by atoms with E-state index in [1.165, 1.54) is 4.31 Å². The quantitative estimate of drug-likeness (QED) is 0.823. The highest BCUT2D eigenvalue weighted by atomic mass is 32.2. The molecule has 19 heavy (non-hydrogen) atoms. The third kappa shape index (κ3) is 4.00. The average molecular weight is 304 g/mol. The maximum absolute atomic E-state index is 12.2. The molecule has 5 nitrogen and oxygen atoms in total. The van der Waals surface area contributed by atoms with Gasteiger partial charge in [-0.05, 0) is 41.7 Å². The highest BCUT2D eigenvalue weighted by Gasteiger charge is 2.31. The lowest BCUT2D eigenvalue weighted by atomic mass is 10.1. The lowest BCUT2D eigenvalue weighted by Crippen LogP contribution is -2.50. The standard InChI is InChI=1S/C12H20N2O3S2/c15-9-12-3-1-2-7-14(12)19(16,17)13-6-4-11-5-8-18-10-11/h5,8,10,12-13,15H,1-4,6-7,9H2. The Morgan fingerprint density at radius 2 is 2.32 bits per heavy atom. The molecule has 108 valence electrons. The van der Waals surface area contributed by atoms with Crippen LogP contribution in [0.3, 0.4) is 0 Å². The zero-order chi connectivity index (χ0) is 13.7. The first-order valence-corrected chi connectivity index (χ1v) is 8.90. The summed E-state index contributed by atoms with van der Waals surface area (Å²) in [7, 11) is -3.47. The molecule has 0 spiro atoms. The number of thiophene rings is 1. The molecule has 0 aromatic carbocycles. The predicted octanol–water partition coefficient (Wildman–Crippen LogP) is 0.972. The van der Waals surface area contributed by atoms with Crippen LogP contribution in [0.5, 0.6) is 0 Å². The van der Waals surface area contributed by atoms with Crippen LogP contribution >= 0.6 is 11.3 Å². The Balaban J connectivity index is 1.89. The van der Waals surface area contributed by atoms with Crippen LogP contribution in [0.4, 0.5) is 0 Å². The van der Waals surface area contributed by atoms with Crippen LogP contribution in [0.25, 0.3) is 0 Å². The molecule has 1 aliphatic rings. The van der Waals surface area contributed by atoms with Crippen LogP contribution in [0, 0.1) is 0 Å². The molecular formula is C12H20N2O3S2. The number of nitrogens with one attached hydrogen (secondary N) is 1. The summed E-state index contributed by atoms with van der Waals surface area (Å²) in [5.74, 6) is 0. The molecule has 0 saturated carbocycles. The van der Waals surface area contributed by atoms with E-state index >= 15 is 0 Å². The SMILES string of the molecule is O=S(=O)(NCCc1ccsc1)N1CCCCC1CO. The third-order valence-corrected chi connectivity index (χ3v) is 5.77. The summed E-state index contributed by atoms with van der Waals surface area (Å²) in [5.41, 5.74) is 1.14. The molecule has 1 saturated heterocycles. The van der Waals surface area contributed by atoms with Gasteiger partial charge in [0, 0.05) is 19.1 Å². The second kappa shape index (κ2) is 6.81. The number of aliphatic hydroxyl groups is 1. The maximum Gasteiger partial charge on any atom is 0.279 e. The van der Waals surface area contributed by atoms with E-state index in [4.69, 9.17) is 0 Å². The molecule has 0 amide bonds. The lowest BCUT2D eigenvalue weighted by molar-refractivity contribution is 0.154. The number of nitrogens with zero attached hydrogens (tertiary/aromatic N) is 1. The molecule has 1 aromatic heterocycles. The topological polar surface area (TPSA) is 69.6 Å². The second-order valence-corrected chi connectivity index (χ2v) is 7.21. The summed E-state index contributed by atoms with van der Waals surface area (Å²) in [6, 6.07) is 1.73. The minimum Gasteiger partial charge on any atom is -0.395 e. The first kappa shape index (κ1) is 14.9. The van der Waals surface area contributed by atoms with Crippen molar-refractivity contribution in [2.75, 3.05) is 19.7 Å². The van der Waals surface area contributed by atoms with Gasteiger partial charge in [0.2, 0.25) is 0 Å². The Kier molecular flexibility index (Phi) is 5.35. The summed E-state index contributed by atoms with van der Waals surface area (Å²) >= 11 is 1.61. The van der Waals surface area contributed by atoms with Crippen molar-refractivity contribution >= 4 is 21.5 Å². The Hall–Kier alpha value is -0.470. The molecule has 2 rings (SSSR count). The molecule has 2 heterocycles. The van der Waals surface area contributed by atoms with E-state index in [1.54, 1.807) is 11.3 Å². The fourth-order valence-electron chi connectivity index (χ4n) is 2.32. The van der Waals surface area contributed by atoms with Crippen LogP contribution in [-0.2, 0) is 16.6 Å². The summed E-state index contributed by atoms with van der Waals surface area (Å²) in [6.07, 6.45) is 3.27. The normalized spacial score (nSPS) is 21.6. The third-order valence-electron chi connectivity index (χ3n) is 3.37. The highest BCUT2D eigenvalue weighted by Crippen LogP contribution is 2.19. The molecule has 0 radical (unpaired) electrons. The summed E-state index contributed by atoms with van der Waals surface area (Å²) < 4.78 is 28.4. The fraction of sp³-hybridized carbons (Fsp3) is 0.667. The van der Waals surface area contributed by atoms with Gasteiger partial charge in [-0.2, -0.15) is 24.1 Å². The number of piperidine rings is 1. The van der Waals surface area contributed by atoms with E-state index in [9.17, 15) is 13.5 Å². The van der Waals surface area contributed by atoms with Crippen molar-refractivity contribution in [2.45, 2.75) is 31.7 Å². The number of aliphatic hydroxyl groups excluding tert-OH is 1. The molecule has 1 unspecified atom stereocenters. The Morgan fingerprint density at radius 3 is 3.00 bits per heavy atom. The summed E-state index contributed by atoms with van der Waals surface area (Å²) in [5, 5.41) is 13.3. The van der Waals surface area contributed by atoms with Crippen molar-refractivity contribution in [3.63, 3.8) is 0 Å². The number of hydrogen-bond acceptors (Lipinski definition) is 4. The van der Waals surface area contributed by atoms with Gasteiger partial charge in [-0.15, -0.1) is 0 Å². The predicted molar refractivity (Wildman–Crippen MR) is 76.4 cm³/mol. The second-order valence-electron chi connectivity index (χ2n) is 4.72. The van der Waals surface area contributed by atoms with Gasteiger partial charge < -0.3 is 5.11 Å². The molecule has 7 heteroatoms. The zero-order valence-corrected chi connectivity index (χ0v) is 12.4. The van der Waals surface area contributed by atoms with Gasteiger partial charge in [-0.3, -0.25) is 0 Å². The summed E-state index contributed by atoms with van der Waals surface area (Å²) in [4.78, 5) is 0. The van der Waals surface area contributed by atoms with Crippen molar-refractivity contribution in [3.05, 3.63) is 22.4 Å². The fourth-order valence-corrected chi connectivity index (χ4v) is 4.48. The van der Waals surface area contributed by atoms with E-state index in [2.05, 4.69) is 4.72 Å². The van der Waals surface area contributed by atoms with Crippen LogP contribution in [0.2, 0.25) is 0 Å². The smallest absolute Gasteiger partial charge is 0.279 e. The molecular weight excluding hydrogens is 284 g/mol. The Labute approximate surface area is 118 Å². The molecule has 1 aromatic rings. The first-order valence-electron chi connectivity index (χ1n) is 6.52. The monoisotopic (exact) mass is 304 g/mol. The minimum absolute atomic E-state index is 0.106. The van der Waals surface area contributed by atoms with Gasteiger partial charge in [-0.25, -0.2) is 4.72 Å². The van der Waals surface area contributed by atoms with Crippen molar-refractivity contribution in [3.8, 4) is 0 Å². The Morgan fingerprint density at radius 1 is 1.47 bits per heavy atom. The van der Waals surface area contributed by atoms with Gasteiger partial charge in [0.25, 0.3) is 10.2 Å². The van der Waals surface area contributed by atoms with Crippen molar-refractivity contribution < 1.29 is 13.5 Å². The largest absolute Gasteiger partial charge is 0.395 e. The van der Waals surface area contributed by atoms with Crippen molar-refractivity contribution in [1.29, 1.82) is 0 Å². The molecule has 0 bridgehead atoms. The van der Waals surface area contributed by atoms with E-state index in [-0.39, 0.29) is 12.6 Å². The number of hydrogen-bond donors (Lipinski definition) is 2. The number of rotatable bonds is 6. The van der Waals surface area contributed by atoms with Crippen LogP contribution in [0.1, 0.15) is 24.8 Å². The molecule has 1 atom stereocenters. The maximum atomic E-state index is 12.2. The van der Waals surface area contributed by atoms with Crippen LogP contribution in [0.15, 0.2) is 16.8 Å². The molecule has 0 aliphatic carbocycles. The molecule has 1 aliphatic heterocycles. The van der Waals surface area contributed by atoms with E-state index in [1.807, 2.05) is 16.8 Å². The van der Waals surface area contributed by atoms with Crippen molar-refractivity contribution in [2.24, 2.45) is 0 Å². The van der Waals surface area contributed by atoms with Gasteiger partial charge in [0.15, 0.2) is 0 Å². The Bertz CT molecular complexity index is 473. The van der Waals surface area contributed by atoms with Crippen molar-refractivity contribution in [1.82, 2.24) is 9.03 Å². The van der Waals surface area contributed by atoms with Crippen LogP contribution in [-0.4, -0.2) is 43.6 Å². The lowest BCUT2D eigenvalue weighted by Gasteiger charge is -2.33. The first-order chi connectivity index (χ1) is 9.13. The van der Waals surface area contributed by atoms with E-state index in [0.717, 1.165) is 24.8 Å². The highest BCUT2D eigenvalue weighted by molar-refractivity contribution is 7.87. The van der Waals surface area contributed by atoms with E-state index in [0.29, 0.717) is 19.5 Å². The average Bonchev–Trinajstić information content (AvgIpc) is 2.91. The summed E-state index contributed by atoms with van der Waals surface area (Å²) in [6.45, 7) is 0.790. The van der Waals surface area contributed by atoms with Gasteiger partial charge in [0.05, 0.1) is 6.61 Å².